The lowest BCUT2D eigenvalue weighted by Gasteiger charge is -2.08. The summed E-state index contributed by atoms with van der Waals surface area (Å²) in [6.45, 7) is 0.580. The van der Waals surface area contributed by atoms with E-state index in [2.05, 4.69) is 5.32 Å². The van der Waals surface area contributed by atoms with E-state index >= 15 is 0 Å². The molecule has 0 saturated carbocycles. The fourth-order valence-electron chi connectivity index (χ4n) is 2.05. The van der Waals surface area contributed by atoms with Gasteiger partial charge in [-0.1, -0.05) is 6.07 Å². The molecular formula is C15H12FNO4. The number of carboxylic acid groups (broad SMARTS) is 1. The van der Waals surface area contributed by atoms with Gasteiger partial charge in [0.15, 0.2) is 11.5 Å². The summed E-state index contributed by atoms with van der Waals surface area (Å²) in [5, 5.41) is 11.9. The van der Waals surface area contributed by atoms with Crippen LogP contribution in [0.15, 0.2) is 36.4 Å². The van der Waals surface area contributed by atoms with Crippen molar-refractivity contribution in [3.8, 4) is 11.5 Å². The van der Waals surface area contributed by atoms with Crippen molar-refractivity contribution in [2.24, 2.45) is 0 Å². The van der Waals surface area contributed by atoms with Gasteiger partial charge in [-0.25, -0.2) is 9.18 Å². The summed E-state index contributed by atoms with van der Waals surface area (Å²) >= 11 is 0. The highest BCUT2D eigenvalue weighted by molar-refractivity contribution is 5.87. The highest BCUT2D eigenvalue weighted by Crippen LogP contribution is 2.34. The van der Waals surface area contributed by atoms with Crippen LogP contribution in [-0.4, -0.2) is 17.9 Å². The number of rotatable bonds is 4. The zero-order valence-corrected chi connectivity index (χ0v) is 10.9. The second-order valence-electron chi connectivity index (χ2n) is 4.54. The van der Waals surface area contributed by atoms with E-state index < -0.39 is 11.8 Å². The van der Waals surface area contributed by atoms with Crippen molar-refractivity contribution in [1.29, 1.82) is 0 Å². The number of aromatic carboxylic acids is 1. The maximum Gasteiger partial charge on any atom is 0.338 e. The standard InChI is InChI=1S/C15H12FNO4/c16-12-5-9(1-3-11(12)15(18)19)7-17-10-2-4-13-14(6-10)21-8-20-13/h1-6,17H,7-8H2,(H,18,19). The molecule has 5 nitrogen and oxygen atoms in total. The van der Waals surface area contributed by atoms with Gasteiger partial charge in [0.25, 0.3) is 0 Å². The first kappa shape index (κ1) is 13.2. The van der Waals surface area contributed by atoms with Gasteiger partial charge in [0.1, 0.15) is 5.82 Å². The van der Waals surface area contributed by atoms with Gasteiger partial charge in [0.2, 0.25) is 6.79 Å². The summed E-state index contributed by atoms with van der Waals surface area (Å²) < 4.78 is 24.0. The van der Waals surface area contributed by atoms with E-state index in [1.807, 2.05) is 6.07 Å². The molecule has 0 unspecified atom stereocenters. The molecule has 6 heteroatoms. The second kappa shape index (κ2) is 5.32. The zero-order chi connectivity index (χ0) is 14.8. The van der Waals surface area contributed by atoms with Crippen LogP contribution in [0.3, 0.4) is 0 Å². The molecule has 1 aliphatic heterocycles. The van der Waals surface area contributed by atoms with Crippen molar-refractivity contribution < 1.29 is 23.8 Å². The van der Waals surface area contributed by atoms with Gasteiger partial charge in [0, 0.05) is 18.3 Å². The predicted octanol–water partition coefficient (Wildman–Crippen LogP) is 2.86. The molecule has 0 atom stereocenters. The van der Waals surface area contributed by atoms with E-state index in [0.29, 0.717) is 23.6 Å². The summed E-state index contributed by atoms with van der Waals surface area (Å²) in [5.74, 6) is -0.667. The fraction of sp³-hybridized carbons (Fsp3) is 0.133. The second-order valence-corrected chi connectivity index (χ2v) is 4.54. The number of hydrogen-bond acceptors (Lipinski definition) is 4. The minimum Gasteiger partial charge on any atom is -0.478 e. The minimum atomic E-state index is -1.28. The Morgan fingerprint density at radius 1 is 1.19 bits per heavy atom. The van der Waals surface area contributed by atoms with Gasteiger partial charge in [-0.05, 0) is 29.8 Å². The Labute approximate surface area is 119 Å². The number of carbonyl (C=O) groups is 1. The lowest BCUT2D eigenvalue weighted by atomic mass is 10.1. The first-order valence-corrected chi connectivity index (χ1v) is 6.29. The number of carboxylic acids is 1. The maximum absolute atomic E-state index is 13.6. The van der Waals surface area contributed by atoms with Crippen LogP contribution >= 0.6 is 0 Å². The van der Waals surface area contributed by atoms with Crippen molar-refractivity contribution >= 4 is 11.7 Å². The lowest BCUT2D eigenvalue weighted by Crippen LogP contribution is -2.04. The van der Waals surface area contributed by atoms with E-state index in [4.69, 9.17) is 14.6 Å². The quantitative estimate of drug-likeness (QED) is 0.906. The average Bonchev–Trinajstić information content (AvgIpc) is 2.92. The van der Waals surface area contributed by atoms with Crippen molar-refractivity contribution in [2.45, 2.75) is 6.54 Å². The normalized spacial score (nSPS) is 12.2. The predicted molar refractivity (Wildman–Crippen MR) is 73.3 cm³/mol. The molecule has 0 saturated heterocycles. The molecule has 2 N–H and O–H groups in total. The zero-order valence-electron chi connectivity index (χ0n) is 10.9. The Morgan fingerprint density at radius 3 is 2.76 bits per heavy atom. The molecule has 21 heavy (non-hydrogen) atoms. The topological polar surface area (TPSA) is 67.8 Å². The van der Waals surface area contributed by atoms with Gasteiger partial charge in [0.05, 0.1) is 5.56 Å². The van der Waals surface area contributed by atoms with Crippen LogP contribution < -0.4 is 14.8 Å². The molecule has 3 rings (SSSR count). The molecule has 0 amide bonds. The lowest BCUT2D eigenvalue weighted by molar-refractivity contribution is 0.0692. The molecule has 0 aromatic heterocycles. The van der Waals surface area contributed by atoms with Gasteiger partial charge in [-0.15, -0.1) is 0 Å². The molecule has 0 aliphatic carbocycles. The van der Waals surface area contributed by atoms with E-state index in [0.717, 1.165) is 5.69 Å². The molecule has 0 radical (unpaired) electrons. The highest BCUT2D eigenvalue weighted by Gasteiger charge is 2.13. The molecule has 108 valence electrons. The number of hydrogen-bond donors (Lipinski definition) is 2. The number of ether oxygens (including phenoxy) is 2. The van der Waals surface area contributed by atoms with Gasteiger partial charge in [-0.2, -0.15) is 0 Å². The molecule has 2 aromatic carbocycles. The SMILES string of the molecule is O=C(O)c1ccc(CNc2ccc3c(c2)OCO3)cc1F. The summed E-state index contributed by atoms with van der Waals surface area (Å²) in [5.41, 5.74) is 1.12. The number of halogens is 1. The number of fused-ring (bicyclic) bond motifs is 1. The van der Waals surface area contributed by atoms with Crippen LogP contribution in [0.25, 0.3) is 0 Å². The van der Waals surface area contributed by atoms with Crippen LogP contribution in [-0.2, 0) is 6.54 Å². The smallest absolute Gasteiger partial charge is 0.338 e. The minimum absolute atomic E-state index is 0.209. The van der Waals surface area contributed by atoms with Crippen LogP contribution in [0.1, 0.15) is 15.9 Å². The molecule has 0 bridgehead atoms. The Hall–Kier alpha value is -2.76. The van der Waals surface area contributed by atoms with Crippen molar-refractivity contribution in [1.82, 2.24) is 0 Å². The Bertz CT molecular complexity index is 702. The van der Waals surface area contributed by atoms with Gasteiger partial charge in [-0.3, -0.25) is 0 Å². The highest BCUT2D eigenvalue weighted by atomic mass is 19.1. The summed E-state index contributed by atoms with van der Waals surface area (Å²) in [6.07, 6.45) is 0. The first-order chi connectivity index (χ1) is 10.1. The van der Waals surface area contributed by atoms with E-state index in [-0.39, 0.29) is 12.4 Å². The van der Waals surface area contributed by atoms with Crippen LogP contribution in [0.4, 0.5) is 10.1 Å². The van der Waals surface area contributed by atoms with Crippen molar-refractivity contribution in [2.75, 3.05) is 12.1 Å². The maximum atomic E-state index is 13.6. The third-order valence-electron chi connectivity index (χ3n) is 3.13. The average molecular weight is 289 g/mol. The summed E-state index contributed by atoms with van der Waals surface area (Å²) in [7, 11) is 0. The molecule has 1 heterocycles. The van der Waals surface area contributed by atoms with Crippen LogP contribution in [0.2, 0.25) is 0 Å². The van der Waals surface area contributed by atoms with Crippen LogP contribution in [0, 0.1) is 5.82 Å². The van der Waals surface area contributed by atoms with Crippen molar-refractivity contribution in [3.63, 3.8) is 0 Å². The molecule has 0 spiro atoms. The molecule has 2 aromatic rings. The third-order valence-corrected chi connectivity index (χ3v) is 3.13. The Kier molecular flexibility index (Phi) is 3.35. The summed E-state index contributed by atoms with van der Waals surface area (Å²) in [6, 6.07) is 9.46. The number of anilines is 1. The first-order valence-electron chi connectivity index (χ1n) is 6.29. The van der Waals surface area contributed by atoms with Gasteiger partial charge >= 0.3 is 5.97 Å². The largest absolute Gasteiger partial charge is 0.478 e. The Balaban J connectivity index is 1.70. The molecule has 1 aliphatic rings. The van der Waals surface area contributed by atoms with Crippen molar-refractivity contribution in [3.05, 3.63) is 53.3 Å². The fourth-order valence-corrected chi connectivity index (χ4v) is 2.05. The number of nitrogens with one attached hydrogen (secondary N) is 1. The van der Waals surface area contributed by atoms with Gasteiger partial charge < -0.3 is 19.9 Å². The van der Waals surface area contributed by atoms with E-state index in [1.54, 1.807) is 18.2 Å². The number of benzene rings is 2. The Morgan fingerprint density at radius 2 is 2.00 bits per heavy atom. The van der Waals surface area contributed by atoms with E-state index in [1.165, 1.54) is 12.1 Å². The van der Waals surface area contributed by atoms with Crippen LogP contribution in [0.5, 0.6) is 11.5 Å². The summed E-state index contributed by atoms with van der Waals surface area (Å²) in [4.78, 5) is 10.7. The monoisotopic (exact) mass is 289 g/mol. The van der Waals surface area contributed by atoms with E-state index in [9.17, 15) is 9.18 Å². The molecular weight excluding hydrogens is 277 g/mol. The third kappa shape index (κ3) is 2.74. The molecule has 0 fully saturated rings.